The first-order valence-electron chi connectivity index (χ1n) is 20.7. The average molecular weight is 801 g/mol. The zero-order chi connectivity index (χ0) is 40.2. The van der Waals surface area contributed by atoms with E-state index in [4.69, 9.17) is 24.7 Å². The highest BCUT2D eigenvalue weighted by atomic mass is 19.3. The summed E-state index contributed by atoms with van der Waals surface area (Å²) in [7, 11) is 0. The van der Waals surface area contributed by atoms with Gasteiger partial charge in [0.25, 0.3) is 5.91 Å². The van der Waals surface area contributed by atoms with Crippen LogP contribution in [-0.2, 0) is 17.6 Å². The quantitative estimate of drug-likeness (QED) is 0.111. The normalized spacial score (nSPS) is 20.1. The number of fused-ring (bicyclic) bond motifs is 3. The standard InChI is InChI=1S/C45H54F2N4O7/c46-45(47,44(54)49-37(27-51-18-3-19-51)43(53)33-11-12-38-40(24-33)56-21-20-55-38)15-14-30-7-9-31-8-6-29(22-34(31)23-30)4-1-5-35-28-57-39-13-10-32(25-41(39)58-35)42(52)36(48)26-50-16-2-17-50/h6-13,22-25,35-37,42-43,52-53H,1-5,14-21,26-28,48H2,(H,49,54). The predicted octanol–water partition coefficient (Wildman–Crippen LogP) is 5.33. The van der Waals surface area contributed by atoms with Crippen LogP contribution in [-0.4, -0.2) is 109 Å². The third kappa shape index (κ3) is 9.50. The first-order valence-corrected chi connectivity index (χ1v) is 20.7. The topological polar surface area (TPSA) is 139 Å². The number of halogens is 2. The number of rotatable bonds is 17. The van der Waals surface area contributed by atoms with E-state index in [9.17, 15) is 15.0 Å². The predicted molar refractivity (Wildman–Crippen MR) is 216 cm³/mol. The number of nitrogens with one attached hydrogen (secondary N) is 1. The number of hydrogen-bond donors (Lipinski definition) is 4. The molecule has 0 radical (unpaired) electrons. The van der Waals surface area contributed by atoms with Gasteiger partial charge in [0.05, 0.1) is 12.1 Å². The molecule has 2 saturated heterocycles. The number of amides is 1. The average Bonchev–Trinajstić information content (AvgIpc) is 3.20. The Labute approximate surface area is 338 Å². The second-order valence-corrected chi connectivity index (χ2v) is 16.2. The van der Waals surface area contributed by atoms with Crippen LogP contribution in [0.3, 0.4) is 0 Å². The van der Waals surface area contributed by atoms with Crippen molar-refractivity contribution in [2.75, 3.05) is 59.1 Å². The van der Waals surface area contributed by atoms with E-state index in [1.807, 2.05) is 47.4 Å². The van der Waals surface area contributed by atoms with Crippen molar-refractivity contribution in [2.45, 2.75) is 81.3 Å². The number of hydrogen-bond acceptors (Lipinski definition) is 10. The SMILES string of the molecule is NC(CN1CCC1)C(O)c1ccc2c(c1)OC(CCCc1ccc3ccc(CCC(F)(F)C(=O)NC(CN4CCC4)C(O)c4ccc5c(c4)OCCO5)cc3c1)CO2. The molecule has 0 spiro atoms. The van der Waals surface area contributed by atoms with Crippen molar-refractivity contribution in [3.05, 3.63) is 95.1 Å². The number of aliphatic hydroxyl groups excluding tert-OH is 2. The largest absolute Gasteiger partial charge is 0.486 e. The van der Waals surface area contributed by atoms with Crippen LogP contribution in [0, 0.1) is 0 Å². The fourth-order valence-corrected chi connectivity index (χ4v) is 8.09. The summed E-state index contributed by atoms with van der Waals surface area (Å²) in [5, 5.41) is 26.7. The van der Waals surface area contributed by atoms with E-state index >= 15 is 8.78 Å². The summed E-state index contributed by atoms with van der Waals surface area (Å²) in [6.07, 6.45) is 1.75. The van der Waals surface area contributed by atoms with Crippen molar-refractivity contribution < 1.29 is 42.7 Å². The third-order valence-electron chi connectivity index (χ3n) is 11.9. The van der Waals surface area contributed by atoms with Crippen molar-refractivity contribution in [3.8, 4) is 23.0 Å². The molecule has 310 valence electrons. The number of nitrogens with two attached hydrogens (primary N) is 1. The van der Waals surface area contributed by atoms with Crippen LogP contribution < -0.4 is 30.0 Å². The summed E-state index contributed by atoms with van der Waals surface area (Å²) in [6, 6.07) is 21.1. The molecule has 4 aromatic rings. The maximum atomic E-state index is 15.5. The van der Waals surface area contributed by atoms with Crippen LogP contribution in [0.15, 0.2) is 72.8 Å². The molecule has 1 amide bonds. The maximum Gasteiger partial charge on any atom is 0.324 e. The summed E-state index contributed by atoms with van der Waals surface area (Å²) < 4.78 is 54.5. The van der Waals surface area contributed by atoms with Crippen LogP contribution >= 0.6 is 0 Å². The van der Waals surface area contributed by atoms with Crippen LogP contribution in [0.4, 0.5) is 8.78 Å². The van der Waals surface area contributed by atoms with Gasteiger partial charge in [0.2, 0.25) is 0 Å². The Morgan fingerprint density at radius 2 is 1.38 bits per heavy atom. The van der Waals surface area contributed by atoms with E-state index in [1.54, 1.807) is 18.2 Å². The molecule has 0 aromatic heterocycles. The highest BCUT2D eigenvalue weighted by molar-refractivity contribution is 5.85. The molecule has 8 rings (SSSR count). The van der Waals surface area contributed by atoms with Gasteiger partial charge < -0.3 is 50.0 Å². The lowest BCUT2D eigenvalue weighted by molar-refractivity contribution is -0.148. The fraction of sp³-hybridized carbons (Fsp3) is 0.489. The maximum absolute atomic E-state index is 15.5. The smallest absolute Gasteiger partial charge is 0.324 e. The van der Waals surface area contributed by atoms with Gasteiger partial charge in [0, 0.05) is 25.6 Å². The molecule has 5 N–H and O–H groups in total. The summed E-state index contributed by atoms with van der Waals surface area (Å²) >= 11 is 0. The molecular weight excluding hydrogens is 747 g/mol. The lowest BCUT2D eigenvalue weighted by atomic mass is 9.97. The van der Waals surface area contributed by atoms with Gasteiger partial charge in [0.1, 0.15) is 32.0 Å². The lowest BCUT2D eigenvalue weighted by Crippen LogP contribution is -2.54. The molecule has 0 saturated carbocycles. The number of likely N-dealkylation sites (tertiary alicyclic amines) is 2. The molecule has 4 aliphatic rings. The molecule has 5 atom stereocenters. The number of carbonyl (C=O) groups is 1. The number of aryl methyl sites for hydroxylation is 2. The van der Waals surface area contributed by atoms with Gasteiger partial charge in [-0.25, -0.2) is 0 Å². The molecular formula is C45H54F2N4O7. The summed E-state index contributed by atoms with van der Waals surface area (Å²) in [6.45, 7) is 5.74. The Morgan fingerprint density at radius 3 is 2.07 bits per heavy atom. The zero-order valence-electron chi connectivity index (χ0n) is 32.8. The Kier molecular flexibility index (Phi) is 12.3. The zero-order valence-corrected chi connectivity index (χ0v) is 32.8. The number of nitrogens with zero attached hydrogens (tertiary/aromatic N) is 2. The van der Waals surface area contributed by atoms with Gasteiger partial charge in [0.15, 0.2) is 23.0 Å². The van der Waals surface area contributed by atoms with Crippen LogP contribution in [0.25, 0.3) is 10.8 Å². The minimum Gasteiger partial charge on any atom is -0.486 e. The Hall–Kier alpha value is -4.53. The molecule has 0 aliphatic carbocycles. The van der Waals surface area contributed by atoms with E-state index in [0.29, 0.717) is 66.1 Å². The van der Waals surface area contributed by atoms with Gasteiger partial charge in [-0.3, -0.25) is 4.79 Å². The molecule has 58 heavy (non-hydrogen) atoms. The number of benzene rings is 4. The minimum atomic E-state index is -3.65. The van der Waals surface area contributed by atoms with Crippen molar-refractivity contribution >= 4 is 16.7 Å². The Morgan fingerprint density at radius 1 is 0.759 bits per heavy atom. The summed E-state index contributed by atoms with van der Waals surface area (Å²) in [5.74, 6) is -2.74. The molecule has 11 nitrogen and oxygen atoms in total. The summed E-state index contributed by atoms with van der Waals surface area (Å²) in [5.41, 5.74) is 9.33. The van der Waals surface area contributed by atoms with Crippen molar-refractivity contribution in [3.63, 3.8) is 0 Å². The lowest BCUT2D eigenvalue weighted by Gasteiger charge is -2.36. The minimum absolute atomic E-state index is 0.00566. The van der Waals surface area contributed by atoms with Gasteiger partial charge in [-0.05, 0) is 122 Å². The molecule has 4 aromatic carbocycles. The molecule has 4 heterocycles. The molecule has 13 heteroatoms. The Bertz CT molecular complexity index is 2060. The summed E-state index contributed by atoms with van der Waals surface area (Å²) in [4.78, 5) is 17.4. The van der Waals surface area contributed by atoms with Gasteiger partial charge in [-0.15, -0.1) is 0 Å². The number of aliphatic hydroxyl groups is 2. The van der Waals surface area contributed by atoms with E-state index in [-0.39, 0.29) is 25.1 Å². The molecule has 0 bridgehead atoms. The van der Waals surface area contributed by atoms with Crippen LogP contribution in [0.2, 0.25) is 0 Å². The fourth-order valence-electron chi connectivity index (χ4n) is 8.09. The highest BCUT2D eigenvalue weighted by Gasteiger charge is 2.41. The number of ether oxygens (including phenoxy) is 4. The first-order chi connectivity index (χ1) is 28.1. The molecule has 2 fully saturated rings. The first kappa shape index (κ1) is 40.3. The van der Waals surface area contributed by atoms with Crippen molar-refractivity contribution in [1.29, 1.82) is 0 Å². The van der Waals surface area contributed by atoms with E-state index in [2.05, 4.69) is 22.3 Å². The van der Waals surface area contributed by atoms with Crippen molar-refractivity contribution in [2.24, 2.45) is 5.73 Å². The second kappa shape index (κ2) is 17.8. The molecule has 5 unspecified atom stereocenters. The monoisotopic (exact) mass is 800 g/mol. The Balaban J connectivity index is 0.840. The van der Waals surface area contributed by atoms with Gasteiger partial charge in [-0.1, -0.05) is 48.5 Å². The van der Waals surface area contributed by atoms with Gasteiger partial charge in [-0.2, -0.15) is 8.78 Å². The molecule has 4 aliphatic heterocycles. The third-order valence-corrected chi connectivity index (χ3v) is 11.9. The van der Waals surface area contributed by atoms with Crippen LogP contribution in [0.5, 0.6) is 23.0 Å². The number of alkyl halides is 2. The van der Waals surface area contributed by atoms with E-state index in [0.717, 1.165) is 68.2 Å². The van der Waals surface area contributed by atoms with E-state index in [1.165, 1.54) is 6.42 Å². The second-order valence-electron chi connectivity index (χ2n) is 16.2. The number of carbonyl (C=O) groups excluding carboxylic acids is 1. The van der Waals surface area contributed by atoms with Gasteiger partial charge >= 0.3 is 5.92 Å². The van der Waals surface area contributed by atoms with Crippen molar-refractivity contribution in [1.82, 2.24) is 15.1 Å². The van der Waals surface area contributed by atoms with E-state index < -0.39 is 36.5 Å². The van der Waals surface area contributed by atoms with Crippen LogP contribution in [0.1, 0.15) is 66.6 Å². The highest BCUT2D eigenvalue weighted by Crippen LogP contribution is 2.37.